The zero-order valence-corrected chi connectivity index (χ0v) is 40.9. The molecule has 2 aromatic rings. The number of ketones is 1. The van der Waals surface area contributed by atoms with Gasteiger partial charge in [0.1, 0.15) is 28.2 Å². The summed E-state index contributed by atoms with van der Waals surface area (Å²) in [5.41, 5.74) is 0.651. The number of hydrogen-bond acceptors (Lipinski definition) is 18. The molecule has 3 saturated heterocycles. The van der Waals surface area contributed by atoms with Crippen LogP contribution in [0.5, 0.6) is 0 Å². The van der Waals surface area contributed by atoms with E-state index in [1.165, 1.54) is 32.1 Å². The van der Waals surface area contributed by atoms with Crippen LogP contribution in [0, 0.1) is 17.8 Å². The van der Waals surface area contributed by atoms with Crippen LogP contribution in [-0.4, -0.2) is 142 Å². The number of carbonyl (C=O) groups excluding carboxylic acids is 4. The first-order valence-corrected chi connectivity index (χ1v) is 23.3. The van der Waals surface area contributed by atoms with Gasteiger partial charge in [-0.1, -0.05) is 39.8 Å². The number of aromatic nitrogens is 2. The van der Waals surface area contributed by atoms with Gasteiger partial charge in [0.15, 0.2) is 24.8 Å². The number of rotatable bonds is 10. The molecule has 0 aromatic carbocycles. The molecule has 3 aliphatic rings. The quantitative estimate of drug-likeness (QED) is 0.175. The van der Waals surface area contributed by atoms with Crippen molar-refractivity contribution in [3.8, 4) is 10.6 Å². The lowest BCUT2D eigenvalue weighted by Crippen LogP contribution is -2.62. The van der Waals surface area contributed by atoms with Gasteiger partial charge in [-0.15, -0.1) is 11.3 Å². The molecule has 20 heteroatoms. The summed E-state index contributed by atoms with van der Waals surface area (Å²) < 4.78 is 55.4. The number of ether oxygens (including phenoxy) is 6. The van der Waals surface area contributed by atoms with E-state index in [2.05, 4.69) is 20.1 Å². The molecule has 13 atom stereocenters. The van der Waals surface area contributed by atoms with Gasteiger partial charge in [-0.3, -0.25) is 19.4 Å². The molecule has 1 amide bonds. The van der Waals surface area contributed by atoms with Crippen LogP contribution in [0.25, 0.3) is 10.6 Å². The highest BCUT2D eigenvalue weighted by Crippen LogP contribution is 2.41. The van der Waals surface area contributed by atoms with Gasteiger partial charge in [0, 0.05) is 48.0 Å². The summed E-state index contributed by atoms with van der Waals surface area (Å²) in [7, 11) is 3.65. The second-order valence-corrected chi connectivity index (χ2v) is 19.3. The van der Waals surface area contributed by atoms with Crippen molar-refractivity contribution in [2.24, 2.45) is 27.9 Å². The Hall–Kier alpha value is -4.31. The van der Waals surface area contributed by atoms with Gasteiger partial charge in [-0.25, -0.2) is 19.2 Å². The number of hydrogen-bond donors (Lipinski definition) is 2. The van der Waals surface area contributed by atoms with Gasteiger partial charge in [0.05, 0.1) is 48.9 Å². The van der Waals surface area contributed by atoms with Crippen molar-refractivity contribution in [3.05, 3.63) is 29.4 Å². The summed E-state index contributed by atoms with van der Waals surface area (Å²) in [4.78, 5) is 75.7. The maximum Gasteiger partial charge on any atom is 0.351 e. The first-order chi connectivity index (χ1) is 30.9. The number of thiazole rings is 1. The summed E-state index contributed by atoms with van der Waals surface area (Å²) in [5, 5.41) is 19.4. The van der Waals surface area contributed by atoms with Crippen LogP contribution < -0.4 is 5.73 Å². The molecule has 0 aliphatic carbocycles. The second kappa shape index (κ2) is 21.8. The monoisotopic (exact) mass is 946 g/mol. The number of esters is 2. The Morgan fingerprint density at radius 3 is 2.39 bits per heavy atom. The number of aliphatic imine (C=N–C) groups is 1. The maximum absolute atomic E-state index is 17.1. The molecule has 2 bridgehead atoms. The highest BCUT2D eigenvalue weighted by molar-refractivity contribution is 7.13. The van der Waals surface area contributed by atoms with Crippen molar-refractivity contribution in [1.29, 1.82) is 0 Å². The second-order valence-electron chi connectivity index (χ2n) is 18.5. The lowest BCUT2D eigenvalue weighted by molar-refractivity contribution is -0.299. The molecule has 366 valence electrons. The number of halogens is 1. The number of nitrogens with zero attached hydrogens (tertiary/aromatic N) is 5. The van der Waals surface area contributed by atoms with Crippen LogP contribution in [0.1, 0.15) is 101 Å². The minimum absolute atomic E-state index is 0.0261. The summed E-state index contributed by atoms with van der Waals surface area (Å²) in [6.45, 7) is 14.5. The highest BCUT2D eigenvalue weighted by Gasteiger charge is 2.57. The molecule has 3 N–H and O–H groups in total. The summed E-state index contributed by atoms with van der Waals surface area (Å²) in [6, 6.07) is 3.18. The maximum atomic E-state index is 17.1. The number of oxime groups is 1. The number of amides is 1. The minimum Gasteiger partial charge on any atom is -0.457 e. The fourth-order valence-electron chi connectivity index (χ4n) is 9.20. The Morgan fingerprint density at radius 2 is 1.80 bits per heavy atom. The first kappa shape index (κ1) is 52.7. The van der Waals surface area contributed by atoms with E-state index in [0.29, 0.717) is 28.7 Å². The van der Waals surface area contributed by atoms with E-state index in [1.807, 2.05) is 38.9 Å². The van der Waals surface area contributed by atoms with Crippen LogP contribution in [0.15, 0.2) is 33.9 Å². The van der Waals surface area contributed by atoms with Crippen LogP contribution in [0.2, 0.25) is 0 Å². The van der Waals surface area contributed by atoms with Crippen molar-refractivity contribution in [2.45, 2.75) is 161 Å². The minimum atomic E-state index is -3.26. The van der Waals surface area contributed by atoms with Gasteiger partial charge < -0.3 is 49.0 Å². The smallest absolute Gasteiger partial charge is 0.351 e. The normalized spacial score (nSPS) is 36.3. The number of nitrogens with two attached hydrogens (primary N) is 1. The van der Waals surface area contributed by atoms with E-state index in [0.717, 1.165) is 12.5 Å². The molecule has 3 fully saturated rings. The van der Waals surface area contributed by atoms with Crippen molar-refractivity contribution in [3.63, 3.8) is 0 Å². The highest BCUT2D eigenvalue weighted by atomic mass is 32.1. The molecule has 5 rings (SSSR count). The largest absolute Gasteiger partial charge is 0.457 e. The third-order valence-electron chi connectivity index (χ3n) is 12.7. The standard InChI is InChI=1S/C46H67FN6O12S/c1-13-33-46(10,58)40-26(5)36(51-35(55)14-2)24(3)18-44(8,60-21-31(20-59-40)52-61-22-30-16-15-29(19-49-30)41-50-34(48)23-66-41)39(27(6)38(56)45(9,47)43(57)64-33)65-42-37(63-28(7)54)32(53(11)12)17-25(4)62-42/h15-16,19,23-27,32-33,37,39-40,42,58H,13-14,17-18,20-22,48H2,1-12H3/b51-36+,52-31?/t24-,25-,26+,27+,32+,33-,37-,39-,40-,42+,44-,45+,46-/m1/s1. The molecular weight excluding hydrogens is 880 g/mol. The first-order valence-electron chi connectivity index (χ1n) is 22.4. The van der Waals surface area contributed by atoms with Gasteiger partial charge in [0.2, 0.25) is 5.91 Å². The molecule has 0 spiro atoms. The van der Waals surface area contributed by atoms with Gasteiger partial charge >= 0.3 is 11.9 Å². The van der Waals surface area contributed by atoms with Crippen molar-refractivity contribution < 1.29 is 61.9 Å². The van der Waals surface area contributed by atoms with Crippen LogP contribution in [0.4, 0.5) is 10.2 Å². The predicted molar refractivity (Wildman–Crippen MR) is 243 cm³/mol. The third-order valence-corrected chi connectivity index (χ3v) is 13.6. The average molecular weight is 947 g/mol. The fourth-order valence-corrected chi connectivity index (χ4v) is 9.90. The molecular formula is C46H67FN6O12S. The van der Waals surface area contributed by atoms with Crippen LogP contribution >= 0.6 is 11.3 Å². The fraction of sp³-hybridized carbons (Fsp3) is 0.696. The number of nitrogen functional groups attached to an aromatic ring is 1. The number of Topliss-reactive ketones (excluding diaryl/α,β-unsaturated/α-hetero) is 1. The van der Waals surface area contributed by atoms with E-state index in [4.69, 9.17) is 39.0 Å². The molecule has 3 aliphatic heterocycles. The molecule has 0 radical (unpaired) electrons. The van der Waals surface area contributed by atoms with E-state index in [9.17, 15) is 24.3 Å². The number of likely N-dealkylation sites (N-methyl/N-ethyl adjacent to an activating group) is 1. The lowest BCUT2D eigenvalue weighted by Gasteiger charge is -2.48. The van der Waals surface area contributed by atoms with Crippen LogP contribution in [-0.2, 0) is 59.0 Å². The van der Waals surface area contributed by atoms with E-state index < -0.39 is 101 Å². The summed E-state index contributed by atoms with van der Waals surface area (Å²) in [6.07, 6.45) is -4.81. The Bertz CT molecular complexity index is 2100. The zero-order chi connectivity index (χ0) is 48.9. The van der Waals surface area contributed by atoms with E-state index in [1.54, 1.807) is 45.3 Å². The van der Waals surface area contributed by atoms with Gasteiger partial charge in [-0.05, 0) is 79.1 Å². The molecule has 18 nitrogen and oxygen atoms in total. The van der Waals surface area contributed by atoms with E-state index in [-0.39, 0.29) is 44.8 Å². The Morgan fingerprint density at radius 1 is 1.09 bits per heavy atom. The van der Waals surface area contributed by atoms with Gasteiger partial charge in [0.25, 0.3) is 5.67 Å². The number of aliphatic hydroxyl groups is 1. The molecule has 5 heterocycles. The zero-order valence-electron chi connectivity index (χ0n) is 40.1. The lowest BCUT2D eigenvalue weighted by atomic mass is 9.73. The Balaban J connectivity index is 1.69. The third kappa shape index (κ3) is 12.0. The van der Waals surface area contributed by atoms with Crippen LogP contribution in [0.3, 0.4) is 0 Å². The van der Waals surface area contributed by atoms with Crippen molar-refractivity contribution >= 4 is 52.2 Å². The predicted octanol–water partition coefficient (Wildman–Crippen LogP) is 5.28. The summed E-state index contributed by atoms with van der Waals surface area (Å²) in [5.74, 6) is -6.38. The van der Waals surface area contributed by atoms with Crippen molar-refractivity contribution in [2.75, 3.05) is 33.0 Å². The molecule has 2 aromatic heterocycles. The Labute approximate surface area is 390 Å². The Kier molecular flexibility index (Phi) is 17.4. The topological polar surface area (TPSA) is 233 Å². The molecule has 0 saturated carbocycles. The number of cyclic esters (lactones) is 1. The number of carbonyl (C=O) groups is 4. The number of alkyl halides is 1. The van der Waals surface area contributed by atoms with Crippen molar-refractivity contribution in [1.82, 2.24) is 14.9 Å². The molecule has 66 heavy (non-hydrogen) atoms. The number of pyridine rings is 1. The van der Waals surface area contributed by atoms with Gasteiger partial charge in [-0.2, -0.15) is 0 Å². The molecule has 0 unspecified atom stereocenters. The van der Waals surface area contributed by atoms with E-state index >= 15 is 4.39 Å². The average Bonchev–Trinajstić information content (AvgIpc) is 3.69. The number of anilines is 1. The SMILES string of the molecule is CCC(=O)/N=C1\[C@H](C)C[C@@]2(C)OCC(=NOCc3ccc(-c4nc(N)cs4)cn3)CO[C@H]([C@H]1C)[C@](C)(O)[C@@H](CC)OC(=O)[C@@](C)(F)C(=O)[C@H](C)[C@H]2O[C@@H]1O[C@H](C)C[C@H](N(C)C)[C@H]1OC(C)=O. The number of fused-ring (bicyclic) bond motifs is 5. The summed E-state index contributed by atoms with van der Waals surface area (Å²) >= 11 is 1.39.